The van der Waals surface area contributed by atoms with Gasteiger partial charge in [-0.05, 0) is 13.8 Å². The normalized spacial score (nSPS) is 16.4. The van der Waals surface area contributed by atoms with Gasteiger partial charge in [0.15, 0.2) is 0 Å². The Kier molecular flexibility index (Phi) is 13.6. The molecule has 172 valence electrons. The molecule has 10 nitrogen and oxygen atoms in total. The number of amides is 1. The van der Waals surface area contributed by atoms with Gasteiger partial charge in [0.25, 0.3) is 0 Å². The number of hydrogen-bond acceptors (Lipinski definition) is 8. The van der Waals surface area contributed by atoms with Crippen LogP contribution in [0.5, 0.6) is 0 Å². The Morgan fingerprint density at radius 3 is 2.03 bits per heavy atom. The van der Waals surface area contributed by atoms with E-state index in [-0.39, 0.29) is 18.6 Å². The van der Waals surface area contributed by atoms with Crippen LogP contribution in [-0.2, 0) is 33.8 Å². The van der Waals surface area contributed by atoms with Crippen LogP contribution in [0.3, 0.4) is 0 Å². The van der Waals surface area contributed by atoms with Crippen LogP contribution >= 0.6 is 0 Å². The van der Waals surface area contributed by atoms with Gasteiger partial charge in [-0.2, -0.15) is 4.31 Å². The van der Waals surface area contributed by atoms with E-state index in [4.69, 9.17) is 18.9 Å². The maximum atomic E-state index is 11.5. The molecule has 0 atom stereocenters. The second-order valence-electron chi connectivity index (χ2n) is 7.05. The predicted molar refractivity (Wildman–Crippen MR) is 109 cm³/mol. The molecule has 1 rings (SSSR count). The molecule has 0 saturated carbocycles. The van der Waals surface area contributed by atoms with Crippen LogP contribution in [0.1, 0.15) is 13.8 Å². The van der Waals surface area contributed by atoms with E-state index in [0.717, 1.165) is 19.6 Å². The molecule has 1 aliphatic rings. The Morgan fingerprint density at radius 2 is 1.48 bits per heavy atom. The molecule has 1 amide bonds. The zero-order valence-corrected chi connectivity index (χ0v) is 18.7. The second-order valence-corrected chi connectivity index (χ2v) is 9.03. The minimum absolute atomic E-state index is 0.0378. The maximum Gasteiger partial charge on any atom is 0.246 e. The topological polar surface area (TPSA) is 107 Å². The summed E-state index contributed by atoms with van der Waals surface area (Å²) in [7, 11) is -3.08. The number of carbonyl (C=O) groups is 1. The highest BCUT2D eigenvalue weighted by molar-refractivity contribution is 7.88. The van der Waals surface area contributed by atoms with Gasteiger partial charge in [-0.15, -0.1) is 0 Å². The highest BCUT2D eigenvalue weighted by Crippen LogP contribution is 2.05. The monoisotopic (exact) mass is 439 g/mol. The summed E-state index contributed by atoms with van der Waals surface area (Å²) in [5, 5.41) is 2.71. The van der Waals surface area contributed by atoms with E-state index in [2.05, 4.69) is 10.2 Å². The molecule has 1 N–H and O–H groups in total. The van der Waals surface area contributed by atoms with E-state index in [1.807, 2.05) is 13.8 Å². The summed E-state index contributed by atoms with van der Waals surface area (Å²) in [4.78, 5) is 13.6. The number of sulfonamides is 1. The lowest BCUT2D eigenvalue weighted by molar-refractivity contribution is -0.127. The lowest BCUT2D eigenvalue weighted by Gasteiger charge is -2.33. The van der Waals surface area contributed by atoms with Gasteiger partial charge >= 0.3 is 0 Å². The Hall–Kier alpha value is -0.820. The molecule has 29 heavy (non-hydrogen) atoms. The first-order valence-corrected chi connectivity index (χ1v) is 11.9. The van der Waals surface area contributed by atoms with Gasteiger partial charge in [0.05, 0.1) is 52.0 Å². The number of rotatable bonds is 16. The minimum Gasteiger partial charge on any atom is -0.378 e. The molecule has 0 aromatic heterocycles. The van der Waals surface area contributed by atoms with Gasteiger partial charge in [-0.1, -0.05) is 0 Å². The molecule has 1 fully saturated rings. The first-order chi connectivity index (χ1) is 13.8. The quantitative estimate of drug-likeness (QED) is 0.310. The standard InChI is InChI=1S/C18H37N3O7S/c1-17(2)28-16-18(22)19-4-10-25-12-14-27-15-13-26-11-9-20-5-7-21(8-6-20)29(3,23)24/h17H,4-16H2,1-3H3,(H,19,22). The Labute approximate surface area is 174 Å². The van der Waals surface area contributed by atoms with Crippen molar-refractivity contribution in [3.05, 3.63) is 0 Å². The SMILES string of the molecule is CC(C)OCC(=O)NCCOCCOCCOCCN1CCN(S(C)(=O)=O)CC1. The van der Waals surface area contributed by atoms with Crippen LogP contribution in [-0.4, -0.2) is 121 Å². The average molecular weight is 440 g/mol. The van der Waals surface area contributed by atoms with E-state index in [9.17, 15) is 13.2 Å². The van der Waals surface area contributed by atoms with Crippen molar-refractivity contribution >= 4 is 15.9 Å². The van der Waals surface area contributed by atoms with Crippen molar-refractivity contribution in [3.63, 3.8) is 0 Å². The molecule has 1 saturated heterocycles. The molecule has 0 bridgehead atoms. The van der Waals surface area contributed by atoms with Crippen molar-refractivity contribution in [2.45, 2.75) is 20.0 Å². The fourth-order valence-electron chi connectivity index (χ4n) is 2.58. The van der Waals surface area contributed by atoms with Crippen LogP contribution in [0.4, 0.5) is 0 Å². The summed E-state index contributed by atoms with van der Waals surface area (Å²) in [6.45, 7) is 10.6. The number of ether oxygens (including phenoxy) is 4. The van der Waals surface area contributed by atoms with Crippen molar-refractivity contribution in [1.82, 2.24) is 14.5 Å². The Bertz CT molecular complexity index is 538. The fourth-order valence-corrected chi connectivity index (χ4v) is 3.40. The lowest BCUT2D eigenvalue weighted by Crippen LogP contribution is -2.49. The third-order valence-electron chi connectivity index (χ3n) is 4.21. The van der Waals surface area contributed by atoms with Crippen molar-refractivity contribution in [2.75, 3.05) is 91.8 Å². The number of carbonyl (C=O) groups excluding carboxylic acids is 1. The largest absolute Gasteiger partial charge is 0.378 e. The summed E-state index contributed by atoms with van der Waals surface area (Å²) in [5.41, 5.74) is 0. The molecular weight excluding hydrogens is 402 g/mol. The van der Waals surface area contributed by atoms with Gasteiger partial charge in [-0.3, -0.25) is 9.69 Å². The van der Waals surface area contributed by atoms with Crippen LogP contribution in [0.15, 0.2) is 0 Å². The highest BCUT2D eigenvalue weighted by atomic mass is 32.2. The Balaban J connectivity index is 1.82. The van der Waals surface area contributed by atoms with Gasteiger partial charge in [0, 0.05) is 39.3 Å². The van der Waals surface area contributed by atoms with Crippen LogP contribution in [0, 0.1) is 0 Å². The first kappa shape index (κ1) is 26.2. The summed E-state index contributed by atoms with van der Waals surface area (Å²) < 4.78 is 46.0. The maximum absolute atomic E-state index is 11.5. The first-order valence-electron chi connectivity index (χ1n) is 10.1. The Morgan fingerprint density at radius 1 is 0.931 bits per heavy atom. The molecule has 1 aliphatic heterocycles. The summed E-state index contributed by atoms with van der Waals surface area (Å²) in [6, 6.07) is 0. The smallest absolute Gasteiger partial charge is 0.246 e. The molecule has 0 aromatic carbocycles. The van der Waals surface area contributed by atoms with E-state index < -0.39 is 10.0 Å². The summed E-state index contributed by atoms with van der Waals surface area (Å²) >= 11 is 0. The van der Waals surface area contributed by atoms with Gasteiger partial charge < -0.3 is 24.3 Å². The zero-order valence-electron chi connectivity index (χ0n) is 17.9. The number of piperazine rings is 1. The molecule has 0 aromatic rings. The molecule has 0 radical (unpaired) electrons. The molecular formula is C18H37N3O7S. The third-order valence-corrected chi connectivity index (χ3v) is 5.52. The summed E-state index contributed by atoms with van der Waals surface area (Å²) in [6.07, 6.45) is 1.29. The average Bonchev–Trinajstić information content (AvgIpc) is 2.67. The number of nitrogens with zero attached hydrogens (tertiary/aromatic N) is 2. The van der Waals surface area contributed by atoms with Crippen LogP contribution in [0.2, 0.25) is 0 Å². The van der Waals surface area contributed by atoms with E-state index in [1.54, 1.807) is 0 Å². The molecule has 11 heteroatoms. The van der Waals surface area contributed by atoms with Crippen molar-refractivity contribution < 1.29 is 32.2 Å². The molecule has 0 unspecified atom stereocenters. The van der Waals surface area contributed by atoms with Gasteiger partial charge in [-0.25, -0.2) is 8.42 Å². The lowest BCUT2D eigenvalue weighted by atomic mass is 10.3. The van der Waals surface area contributed by atoms with Crippen molar-refractivity contribution in [1.29, 1.82) is 0 Å². The second kappa shape index (κ2) is 15.1. The van der Waals surface area contributed by atoms with Gasteiger partial charge in [0.2, 0.25) is 15.9 Å². The van der Waals surface area contributed by atoms with Crippen molar-refractivity contribution in [3.8, 4) is 0 Å². The van der Waals surface area contributed by atoms with E-state index >= 15 is 0 Å². The predicted octanol–water partition coefficient (Wildman–Crippen LogP) is -0.845. The van der Waals surface area contributed by atoms with Crippen LogP contribution in [0.25, 0.3) is 0 Å². The highest BCUT2D eigenvalue weighted by Gasteiger charge is 2.22. The zero-order chi connectivity index (χ0) is 21.5. The minimum atomic E-state index is -3.08. The number of hydrogen-bond donors (Lipinski definition) is 1. The fraction of sp³-hybridized carbons (Fsp3) is 0.944. The van der Waals surface area contributed by atoms with E-state index in [0.29, 0.717) is 59.3 Å². The molecule has 0 aliphatic carbocycles. The van der Waals surface area contributed by atoms with Gasteiger partial charge in [0.1, 0.15) is 6.61 Å². The van der Waals surface area contributed by atoms with Crippen LogP contribution < -0.4 is 5.32 Å². The van der Waals surface area contributed by atoms with Crippen molar-refractivity contribution in [2.24, 2.45) is 0 Å². The molecule has 1 heterocycles. The van der Waals surface area contributed by atoms with E-state index in [1.165, 1.54) is 10.6 Å². The third kappa shape index (κ3) is 13.9. The number of nitrogens with one attached hydrogen (secondary N) is 1. The molecule has 0 spiro atoms. The summed E-state index contributed by atoms with van der Waals surface area (Å²) in [5.74, 6) is -0.145.